The molecule has 0 aromatic heterocycles. The fourth-order valence-corrected chi connectivity index (χ4v) is 3.06. The first kappa shape index (κ1) is 14.1. The molecule has 0 spiro atoms. The molecule has 2 unspecified atom stereocenters. The molecule has 21 heavy (non-hydrogen) atoms. The van der Waals surface area contributed by atoms with Gasteiger partial charge in [-0.3, -0.25) is 0 Å². The molecule has 2 aromatic carbocycles. The van der Waals surface area contributed by atoms with E-state index in [1.54, 1.807) is 6.07 Å². The number of hydrogen-bond donors (Lipinski definition) is 1. The maximum absolute atomic E-state index is 13.7. The van der Waals surface area contributed by atoms with Gasteiger partial charge in [0.25, 0.3) is 0 Å². The lowest BCUT2D eigenvalue weighted by Crippen LogP contribution is -2.28. The van der Waals surface area contributed by atoms with Crippen LogP contribution in [-0.4, -0.2) is 12.6 Å². The summed E-state index contributed by atoms with van der Waals surface area (Å²) in [5, 5.41) is 0. The summed E-state index contributed by atoms with van der Waals surface area (Å²) in [6.07, 6.45) is 2.41. The van der Waals surface area contributed by atoms with E-state index in [0.717, 1.165) is 25.2 Å². The SMILES string of the molecule is NC(Cc1ccccc1F)CC1CCOc2ccccc21. The van der Waals surface area contributed by atoms with E-state index < -0.39 is 0 Å². The minimum absolute atomic E-state index is 0.0435. The molecule has 0 saturated carbocycles. The predicted molar refractivity (Wildman–Crippen MR) is 82.0 cm³/mol. The molecule has 110 valence electrons. The molecule has 0 radical (unpaired) electrons. The number of benzene rings is 2. The van der Waals surface area contributed by atoms with Crippen molar-refractivity contribution < 1.29 is 9.13 Å². The molecule has 0 saturated heterocycles. The summed E-state index contributed by atoms with van der Waals surface area (Å²) in [5.41, 5.74) is 8.18. The summed E-state index contributed by atoms with van der Waals surface area (Å²) in [6.45, 7) is 0.730. The first-order chi connectivity index (χ1) is 10.2. The minimum Gasteiger partial charge on any atom is -0.493 e. The van der Waals surface area contributed by atoms with Crippen molar-refractivity contribution in [2.45, 2.75) is 31.2 Å². The molecule has 0 aliphatic carbocycles. The Morgan fingerprint density at radius 2 is 1.90 bits per heavy atom. The van der Waals surface area contributed by atoms with Crippen LogP contribution in [0.3, 0.4) is 0 Å². The van der Waals surface area contributed by atoms with Gasteiger partial charge in [0.15, 0.2) is 0 Å². The maximum Gasteiger partial charge on any atom is 0.126 e. The summed E-state index contributed by atoms with van der Waals surface area (Å²) < 4.78 is 19.4. The summed E-state index contributed by atoms with van der Waals surface area (Å²) in [5.74, 6) is 1.20. The lowest BCUT2D eigenvalue weighted by Gasteiger charge is -2.28. The second-order valence-electron chi connectivity index (χ2n) is 5.66. The Morgan fingerprint density at radius 1 is 1.14 bits per heavy atom. The van der Waals surface area contributed by atoms with Crippen molar-refractivity contribution in [3.63, 3.8) is 0 Å². The van der Waals surface area contributed by atoms with E-state index >= 15 is 0 Å². The Balaban J connectivity index is 1.69. The van der Waals surface area contributed by atoms with Crippen LogP contribution in [0.5, 0.6) is 5.75 Å². The first-order valence-corrected chi connectivity index (χ1v) is 7.45. The lowest BCUT2D eigenvalue weighted by atomic mass is 9.86. The van der Waals surface area contributed by atoms with Gasteiger partial charge in [0.05, 0.1) is 6.61 Å². The fraction of sp³-hybridized carbons (Fsp3) is 0.333. The quantitative estimate of drug-likeness (QED) is 0.930. The van der Waals surface area contributed by atoms with E-state index in [-0.39, 0.29) is 11.9 Å². The van der Waals surface area contributed by atoms with Gasteiger partial charge in [-0.2, -0.15) is 0 Å². The van der Waals surface area contributed by atoms with Crippen molar-refractivity contribution >= 4 is 0 Å². The Morgan fingerprint density at radius 3 is 2.76 bits per heavy atom. The third-order valence-corrected chi connectivity index (χ3v) is 4.11. The van der Waals surface area contributed by atoms with Gasteiger partial charge in [-0.05, 0) is 48.4 Å². The third-order valence-electron chi connectivity index (χ3n) is 4.11. The molecule has 0 bridgehead atoms. The highest BCUT2D eigenvalue weighted by atomic mass is 19.1. The van der Waals surface area contributed by atoms with Gasteiger partial charge < -0.3 is 10.5 Å². The summed E-state index contributed by atoms with van der Waals surface area (Å²) in [7, 11) is 0. The molecule has 2 aromatic rings. The van der Waals surface area contributed by atoms with Crippen LogP contribution in [0.1, 0.15) is 29.9 Å². The van der Waals surface area contributed by atoms with E-state index in [9.17, 15) is 4.39 Å². The molecule has 0 amide bonds. The summed E-state index contributed by atoms with van der Waals surface area (Å²) in [4.78, 5) is 0. The number of para-hydroxylation sites is 1. The predicted octanol–water partition coefficient (Wildman–Crippen LogP) is 3.65. The van der Waals surface area contributed by atoms with Gasteiger partial charge in [-0.25, -0.2) is 4.39 Å². The molecule has 1 aliphatic heterocycles. The largest absolute Gasteiger partial charge is 0.493 e. The number of hydrogen-bond acceptors (Lipinski definition) is 2. The zero-order valence-corrected chi connectivity index (χ0v) is 12.0. The van der Waals surface area contributed by atoms with Crippen LogP contribution in [-0.2, 0) is 6.42 Å². The second-order valence-corrected chi connectivity index (χ2v) is 5.66. The Kier molecular flexibility index (Phi) is 4.20. The normalized spacial score (nSPS) is 18.7. The second kappa shape index (κ2) is 6.27. The minimum atomic E-state index is -0.166. The van der Waals surface area contributed by atoms with Gasteiger partial charge in [0.1, 0.15) is 11.6 Å². The fourth-order valence-electron chi connectivity index (χ4n) is 3.06. The van der Waals surface area contributed by atoms with Crippen LogP contribution in [0.25, 0.3) is 0 Å². The van der Waals surface area contributed by atoms with Crippen LogP contribution in [0.15, 0.2) is 48.5 Å². The van der Waals surface area contributed by atoms with E-state index in [4.69, 9.17) is 10.5 Å². The van der Waals surface area contributed by atoms with Crippen LogP contribution < -0.4 is 10.5 Å². The first-order valence-electron chi connectivity index (χ1n) is 7.45. The van der Waals surface area contributed by atoms with Crippen LogP contribution in [0.4, 0.5) is 4.39 Å². The van der Waals surface area contributed by atoms with E-state index in [0.29, 0.717) is 17.9 Å². The van der Waals surface area contributed by atoms with Crippen molar-refractivity contribution in [2.24, 2.45) is 5.73 Å². The van der Waals surface area contributed by atoms with E-state index in [2.05, 4.69) is 6.07 Å². The highest BCUT2D eigenvalue weighted by molar-refractivity contribution is 5.37. The molecule has 1 heterocycles. The van der Waals surface area contributed by atoms with Crippen LogP contribution >= 0.6 is 0 Å². The molecule has 3 heteroatoms. The van der Waals surface area contributed by atoms with Crippen molar-refractivity contribution in [2.75, 3.05) is 6.61 Å². The zero-order chi connectivity index (χ0) is 14.7. The van der Waals surface area contributed by atoms with Crippen molar-refractivity contribution in [3.05, 3.63) is 65.5 Å². The van der Waals surface area contributed by atoms with Crippen molar-refractivity contribution in [3.8, 4) is 5.75 Å². The summed E-state index contributed by atoms with van der Waals surface area (Å²) in [6, 6.07) is 15.0. The van der Waals surface area contributed by atoms with Gasteiger partial charge >= 0.3 is 0 Å². The van der Waals surface area contributed by atoms with Crippen molar-refractivity contribution in [1.82, 2.24) is 0 Å². The van der Waals surface area contributed by atoms with Crippen LogP contribution in [0, 0.1) is 5.82 Å². The molecular weight excluding hydrogens is 265 g/mol. The molecule has 2 nitrogen and oxygen atoms in total. The Labute approximate surface area is 124 Å². The third kappa shape index (κ3) is 3.24. The monoisotopic (exact) mass is 285 g/mol. The number of halogens is 1. The van der Waals surface area contributed by atoms with Gasteiger partial charge in [0, 0.05) is 6.04 Å². The topological polar surface area (TPSA) is 35.2 Å². The Bertz CT molecular complexity index is 614. The molecular formula is C18H20FNO. The number of ether oxygens (including phenoxy) is 1. The number of rotatable bonds is 4. The molecule has 3 rings (SSSR count). The average Bonchev–Trinajstić information content (AvgIpc) is 2.50. The van der Waals surface area contributed by atoms with E-state index in [1.807, 2.05) is 30.3 Å². The average molecular weight is 285 g/mol. The number of nitrogens with two attached hydrogens (primary N) is 1. The standard InChI is InChI=1S/C18H20FNO/c19-17-7-3-1-5-14(17)12-15(20)11-13-9-10-21-18-8-4-2-6-16(13)18/h1-8,13,15H,9-12,20H2. The van der Waals surface area contributed by atoms with Gasteiger partial charge in [-0.1, -0.05) is 36.4 Å². The molecule has 2 atom stereocenters. The maximum atomic E-state index is 13.7. The molecule has 0 fully saturated rings. The Hall–Kier alpha value is -1.87. The summed E-state index contributed by atoms with van der Waals surface area (Å²) >= 11 is 0. The smallest absolute Gasteiger partial charge is 0.126 e. The highest BCUT2D eigenvalue weighted by Crippen LogP contribution is 2.36. The van der Waals surface area contributed by atoms with Crippen molar-refractivity contribution in [1.29, 1.82) is 0 Å². The zero-order valence-electron chi connectivity index (χ0n) is 12.0. The number of fused-ring (bicyclic) bond motifs is 1. The molecule has 1 aliphatic rings. The highest BCUT2D eigenvalue weighted by Gasteiger charge is 2.23. The van der Waals surface area contributed by atoms with Gasteiger partial charge in [-0.15, -0.1) is 0 Å². The van der Waals surface area contributed by atoms with E-state index in [1.165, 1.54) is 11.6 Å². The molecule has 2 N–H and O–H groups in total. The van der Waals surface area contributed by atoms with Crippen LogP contribution in [0.2, 0.25) is 0 Å². The van der Waals surface area contributed by atoms with Gasteiger partial charge in [0.2, 0.25) is 0 Å². The lowest BCUT2D eigenvalue weighted by molar-refractivity contribution is 0.258.